The zero-order valence-corrected chi connectivity index (χ0v) is 12.7. The second-order valence-electron chi connectivity index (χ2n) is 4.69. The molecule has 1 amide bonds. The third-order valence-electron chi connectivity index (χ3n) is 2.96. The van der Waals surface area contributed by atoms with Gasteiger partial charge in [0, 0.05) is 27.2 Å². The molecule has 112 valence electrons. The van der Waals surface area contributed by atoms with Gasteiger partial charge in [0.1, 0.15) is 5.75 Å². The van der Waals surface area contributed by atoms with Gasteiger partial charge < -0.3 is 20.1 Å². The van der Waals surface area contributed by atoms with Crippen molar-refractivity contribution in [2.24, 2.45) is 0 Å². The number of ether oxygens (including phenoxy) is 2. The molecule has 0 aliphatic heterocycles. The summed E-state index contributed by atoms with van der Waals surface area (Å²) < 4.78 is 10.6. The third kappa shape index (κ3) is 5.19. The van der Waals surface area contributed by atoms with Crippen LogP contribution in [-0.2, 0) is 16.1 Å². The molecule has 5 heteroatoms. The Morgan fingerprint density at radius 3 is 2.45 bits per heavy atom. The molecule has 20 heavy (non-hydrogen) atoms. The summed E-state index contributed by atoms with van der Waals surface area (Å²) in [4.78, 5) is 11.2. The molecule has 1 rings (SSSR count). The van der Waals surface area contributed by atoms with Crippen LogP contribution in [0.1, 0.15) is 16.7 Å². The predicted octanol–water partition coefficient (Wildman–Crippen LogP) is 1.16. The van der Waals surface area contributed by atoms with Crippen molar-refractivity contribution in [2.45, 2.75) is 20.4 Å². The van der Waals surface area contributed by atoms with Gasteiger partial charge in [0.15, 0.2) is 6.61 Å². The van der Waals surface area contributed by atoms with E-state index < -0.39 is 0 Å². The molecule has 0 aliphatic carbocycles. The van der Waals surface area contributed by atoms with Gasteiger partial charge in [-0.05, 0) is 30.5 Å². The highest BCUT2D eigenvalue weighted by molar-refractivity contribution is 5.77. The number of carbonyl (C=O) groups is 1. The second-order valence-corrected chi connectivity index (χ2v) is 4.69. The van der Waals surface area contributed by atoms with Gasteiger partial charge in [-0.3, -0.25) is 4.79 Å². The lowest BCUT2D eigenvalue weighted by Gasteiger charge is -2.14. The lowest BCUT2D eigenvalue weighted by atomic mass is 10.1. The van der Waals surface area contributed by atoms with E-state index in [0.717, 1.165) is 30.0 Å². The summed E-state index contributed by atoms with van der Waals surface area (Å²) in [7, 11) is 3.29. The van der Waals surface area contributed by atoms with Crippen molar-refractivity contribution in [3.05, 3.63) is 28.8 Å². The Hall–Kier alpha value is -1.59. The smallest absolute Gasteiger partial charge is 0.257 e. The monoisotopic (exact) mass is 280 g/mol. The Morgan fingerprint density at radius 2 is 1.90 bits per heavy atom. The average molecular weight is 280 g/mol. The molecule has 0 aliphatic rings. The SMILES string of the molecule is CNC(=O)COc1c(C)cc(CNCCOC)cc1C. The number of hydrogen-bond acceptors (Lipinski definition) is 4. The van der Waals surface area contributed by atoms with Crippen LogP contribution in [0.5, 0.6) is 5.75 Å². The lowest BCUT2D eigenvalue weighted by molar-refractivity contribution is -0.122. The maximum Gasteiger partial charge on any atom is 0.257 e. The summed E-state index contributed by atoms with van der Waals surface area (Å²) in [5.74, 6) is 0.656. The van der Waals surface area contributed by atoms with Crippen LogP contribution in [-0.4, -0.2) is 39.8 Å². The predicted molar refractivity (Wildman–Crippen MR) is 79.1 cm³/mol. The molecular weight excluding hydrogens is 256 g/mol. The molecule has 0 heterocycles. The van der Waals surface area contributed by atoms with Crippen molar-refractivity contribution in [3.8, 4) is 5.75 Å². The van der Waals surface area contributed by atoms with Crippen molar-refractivity contribution < 1.29 is 14.3 Å². The largest absolute Gasteiger partial charge is 0.483 e. The summed E-state index contributed by atoms with van der Waals surface area (Å²) in [5, 5.41) is 5.85. The quantitative estimate of drug-likeness (QED) is 0.702. The summed E-state index contributed by atoms with van der Waals surface area (Å²) >= 11 is 0. The first-order valence-corrected chi connectivity index (χ1v) is 6.71. The molecule has 0 radical (unpaired) electrons. The van der Waals surface area contributed by atoms with E-state index in [-0.39, 0.29) is 12.5 Å². The first kappa shape index (κ1) is 16.5. The van der Waals surface area contributed by atoms with Gasteiger partial charge >= 0.3 is 0 Å². The fraction of sp³-hybridized carbons (Fsp3) is 0.533. The summed E-state index contributed by atoms with van der Waals surface area (Å²) in [6.07, 6.45) is 0. The minimum atomic E-state index is -0.130. The Bertz CT molecular complexity index is 424. The molecule has 1 aromatic rings. The Morgan fingerprint density at radius 1 is 1.25 bits per heavy atom. The molecule has 0 fully saturated rings. The first-order valence-electron chi connectivity index (χ1n) is 6.71. The van der Waals surface area contributed by atoms with Gasteiger partial charge in [-0.15, -0.1) is 0 Å². The van der Waals surface area contributed by atoms with E-state index in [1.807, 2.05) is 13.8 Å². The van der Waals surface area contributed by atoms with Crippen molar-refractivity contribution in [1.82, 2.24) is 10.6 Å². The lowest BCUT2D eigenvalue weighted by Crippen LogP contribution is -2.25. The fourth-order valence-electron chi connectivity index (χ4n) is 1.99. The van der Waals surface area contributed by atoms with Crippen LogP contribution < -0.4 is 15.4 Å². The van der Waals surface area contributed by atoms with Crippen LogP contribution in [0.25, 0.3) is 0 Å². The molecular formula is C15H24N2O3. The molecule has 0 aromatic heterocycles. The number of carbonyl (C=O) groups excluding carboxylic acids is 1. The van der Waals surface area contributed by atoms with Crippen LogP contribution >= 0.6 is 0 Å². The molecule has 0 saturated carbocycles. The van der Waals surface area contributed by atoms with Crippen molar-refractivity contribution in [2.75, 3.05) is 33.9 Å². The standard InChI is InChI=1S/C15H24N2O3/c1-11-7-13(9-17-5-6-19-4)8-12(2)15(11)20-10-14(18)16-3/h7-8,17H,5-6,9-10H2,1-4H3,(H,16,18). The van der Waals surface area contributed by atoms with Crippen LogP contribution in [0.15, 0.2) is 12.1 Å². The highest BCUT2D eigenvalue weighted by Crippen LogP contribution is 2.24. The van der Waals surface area contributed by atoms with E-state index in [1.54, 1.807) is 14.2 Å². The van der Waals surface area contributed by atoms with Crippen LogP contribution in [0.2, 0.25) is 0 Å². The van der Waals surface area contributed by atoms with Crippen LogP contribution in [0.4, 0.5) is 0 Å². The third-order valence-corrected chi connectivity index (χ3v) is 2.96. The van der Waals surface area contributed by atoms with E-state index in [0.29, 0.717) is 6.61 Å². The molecule has 0 unspecified atom stereocenters. The van der Waals surface area contributed by atoms with E-state index >= 15 is 0 Å². The maximum absolute atomic E-state index is 11.2. The zero-order chi connectivity index (χ0) is 15.0. The van der Waals surface area contributed by atoms with E-state index in [1.165, 1.54) is 5.56 Å². The highest BCUT2D eigenvalue weighted by Gasteiger charge is 2.08. The molecule has 2 N–H and O–H groups in total. The van der Waals surface area contributed by atoms with Crippen molar-refractivity contribution >= 4 is 5.91 Å². The molecule has 0 spiro atoms. The van der Waals surface area contributed by atoms with Gasteiger partial charge in [0.2, 0.25) is 0 Å². The number of likely N-dealkylation sites (N-methyl/N-ethyl adjacent to an activating group) is 1. The first-order chi connectivity index (χ1) is 9.58. The number of benzene rings is 1. The number of methoxy groups -OCH3 is 1. The summed E-state index contributed by atoms with van der Waals surface area (Å²) in [5.41, 5.74) is 3.28. The highest BCUT2D eigenvalue weighted by atomic mass is 16.5. The number of rotatable bonds is 8. The van der Waals surface area contributed by atoms with E-state index in [2.05, 4.69) is 22.8 Å². The normalized spacial score (nSPS) is 10.4. The van der Waals surface area contributed by atoms with E-state index in [4.69, 9.17) is 9.47 Å². The average Bonchev–Trinajstić information content (AvgIpc) is 2.42. The number of amides is 1. The fourth-order valence-corrected chi connectivity index (χ4v) is 1.99. The number of aryl methyl sites for hydroxylation is 2. The summed E-state index contributed by atoms with van der Waals surface area (Å²) in [6.45, 7) is 6.34. The van der Waals surface area contributed by atoms with Crippen LogP contribution in [0.3, 0.4) is 0 Å². The molecule has 1 aromatic carbocycles. The van der Waals surface area contributed by atoms with Crippen LogP contribution in [0, 0.1) is 13.8 Å². The topological polar surface area (TPSA) is 59.6 Å². The van der Waals surface area contributed by atoms with Crippen molar-refractivity contribution in [3.63, 3.8) is 0 Å². The second kappa shape index (κ2) is 8.55. The Balaban J connectivity index is 2.63. The van der Waals surface area contributed by atoms with Crippen molar-refractivity contribution in [1.29, 1.82) is 0 Å². The van der Waals surface area contributed by atoms with Gasteiger partial charge in [0.05, 0.1) is 6.61 Å². The Labute approximate surface area is 120 Å². The van der Waals surface area contributed by atoms with Gasteiger partial charge in [-0.25, -0.2) is 0 Å². The molecule has 5 nitrogen and oxygen atoms in total. The van der Waals surface area contributed by atoms with E-state index in [9.17, 15) is 4.79 Å². The minimum Gasteiger partial charge on any atom is -0.483 e. The minimum absolute atomic E-state index is 0.0453. The molecule has 0 saturated heterocycles. The number of hydrogen-bond donors (Lipinski definition) is 2. The zero-order valence-electron chi connectivity index (χ0n) is 12.7. The van der Waals surface area contributed by atoms with Gasteiger partial charge in [-0.1, -0.05) is 12.1 Å². The summed E-state index contributed by atoms with van der Waals surface area (Å²) in [6, 6.07) is 4.15. The molecule has 0 atom stereocenters. The van der Waals surface area contributed by atoms with Gasteiger partial charge in [0.25, 0.3) is 5.91 Å². The van der Waals surface area contributed by atoms with Gasteiger partial charge in [-0.2, -0.15) is 0 Å². The Kier molecular flexibility index (Phi) is 7.04. The molecule has 0 bridgehead atoms. The maximum atomic E-state index is 11.2. The number of nitrogens with one attached hydrogen (secondary N) is 2.